The van der Waals surface area contributed by atoms with E-state index in [4.69, 9.17) is 16.3 Å². The van der Waals surface area contributed by atoms with Crippen molar-refractivity contribution in [3.05, 3.63) is 71.2 Å². The second kappa shape index (κ2) is 9.58. The number of fused-ring (bicyclic) bond motifs is 1. The number of rotatable bonds is 8. The molecule has 0 heterocycles. The van der Waals surface area contributed by atoms with Crippen molar-refractivity contribution in [1.82, 2.24) is 5.32 Å². The number of nitrogens with one attached hydrogen (secondary N) is 1. The van der Waals surface area contributed by atoms with Crippen molar-refractivity contribution in [1.29, 1.82) is 0 Å². The second-order valence-electron chi connectivity index (χ2n) is 7.20. The standard InChI is InChI=1S/C23H25ClN2O4S/c1-4-21(26(31(3,28)29)19-11-12-22(30-2)20(24)14-19)23(27)25-15-16-9-10-17-7-5-6-8-18(17)13-16/h5-14,21H,4,15H2,1-3H3,(H,25,27)/t21-/m0/s1. The first-order valence-corrected chi connectivity index (χ1v) is 12.1. The third kappa shape index (κ3) is 5.29. The molecule has 0 aromatic heterocycles. The van der Waals surface area contributed by atoms with Gasteiger partial charge in [0.15, 0.2) is 0 Å². The zero-order chi connectivity index (χ0) is 22.6. The second-order valence-corrected chi connectivity index (χ2v) is 9.47. The van der Waals surface area contributed by atoms with Crippen LogP contribution < -0.4 is 14.4 Å². The molecule has 0 spiro atoms. The highest BCUT2D eigenvalue weighted by Gasteiger charge is 2.31. The van der Waals surface area contributed by atoms with Gasteiger partial charge in [0, 0.05) is 6.54 Å². The van der Waals surface area contributed by atoms with E-state index in [2.05, 4.69) is 5.32 Å². The lowest BCUT2D eigenvalue weighted by molar-refractivity contribution is -0.122. The fraction of sp³-hybridized carbons (Fsp3) is 0.261. The Hall–Kier alpha value is -2.77. The van der Waals surface area contributed by atoms with Gasteiger partial charge in [0.1, 0.15) is 11.8 Å². The van der Waals surface area contributed by atoms with Crippen LogP contribution in [0.5, 0.6) is 5.75 Å². The number of halogens is 1. The van der Waals surface area contributed by atoms with E-state index in [0.717, 1.165) is 26.9 Å². The summed E-state index contributed by atoms with van der Waals surface area (Å²) in [6.45, 7) is 2.06. The Morgan fingerprint density at radius 1 is 1.10 bits per heavy atom. The van der Waals surface area contributed by atoms with Crippen LogP contribution in [0.2, 0.25) is 5.02 Å². The molecule has 1 atom stereocenters. The first-order chi connectivity index (χ1) is 14.7. The third-order valence-electron chi connectivity index (χ3n) is 5.00. The molecule has 0 fully saturated rings. The number of nitrogens with zero attached hydrogens (tertiary/aromatic N) is 1. The number of hydrogen-bond donors (Lipinski definition) is 1. The maximum absolute atomic E-state index is 13.0. The molecule has 0 aliphatic carbocycles. The molecule has 31 heavy (non-hydrogen) atoms. The van der Waals surface area contributed by atoms with Crippen molar-refractivity contribution in [2.45, 2.75) is 25.9 Å². The third-order valence-corrected chi connectivity index (χ3v) is 6.48. The number of methoxy groups -OCH3 is 1. The summed E-state index contributed by atoms with van der Waals surface area (Å²) >= 11 is 6.19. The van der Waals surface area contributed by atoms with Gasteiger partial charge in [-0.3, -0.25) is 9.10 Å². The Morgan fingerprint density at radius 3 is 2.42 bits per heavy atom. The minimum absolute atomic E-state index is 0.264. The van der Waals surface area contributed by atoms with E-state index < -0.39 is 16.1 Å². The highest BCUT2D eigenvalue weighted by molar-refractivity contribution is 7.92. The van der Waals surface area contributed by atoms with Gasteiger partial charge in [-0.2, -0.15) is 0 Å². The first kappa shape index (κ1) is 22.9. The van der Waals surface area contributed by atoms with Crippen molar-refractivity contribution in [2.75, 3.05) is 17.7 Å². The zero-order valence-corrected chi connectivity index (χ0v) is 19.2. The Kier molecular flexibility index (Phi) is 7.08. The largest absolute Gasteiger partial charge is 0.495 e. The van der Waals surface area contributed by atoms with E-state index in [0.29, 0.717) is 24.4 Å². The number of benzene rings is 3. The SMILES string of the molecule is CC[C@@H](C(=O)NCc1ccc2ccccc2c1)N(c1ccc(OC)c(Cl)c1)S(C)(=O)=O. The van der Waals surface area contributed by atoms with Gasteiger partial charge in [-0.15, -0.1) is 0 Å². The summed E-state index contributed by atoms with van der Waals surface area (Å²) < 4.78 is 31.4. The number of carbonyl (C=O) groups excluding carboxylic acids is 1. The lowest BCUT2D eigenvalue weighted by atomic mass is 10.1. The molecule has 1 amide bonds. The number of ether oxygens (including phenoxy) is 1. The van der Waals surface area contributed by atoms with Crippen LogP contribution in [0.3, 0.4) is 0 Å². The van der Waals surface area contributed by atoms with E-state index >= 15 is 0 Å². The molecule has 8 heteroatoms. The summed E-state index contributed by atoms with van der Waals surface area (Å²) in [5.74, 6) is 0.0423. The minimum Gasteiger partial charge on any atom is -0.495 e. The number of amides is 1. The van der Waals surface area contributed by atoms with Crippen LogP contribution >= 0.6 is 11.6 Å². The lowest BCUT2D eigenvalue weighted by Crippen LogP contribution is -2.49. The summed E-state index contributed by atoms with van der Waals surface area (Å²) in [6, 6.07) is 17.6. The van der Waals surface area contributed by atoms with Crippen molar-refractivity contribution in [3.8, 4) is 5.75 Å². The van der Waals surface area contributed by atoms with Crippen molar-refractivity contribution in [2.24, 2.45) is 0 Å². The highest BCUT2D eigenvalue weighted by atomic mass is 35.5. The average Bonchev–Trinajstić information content (AvgIpc) is 2.74. The molecule has 6 nitrogen and oxygen atoms in total. The molecule has 3 rings (SSSR count). The Balaban J connectivity index is 1.83. The maximum atomic E-state index is 13.0. The van der Waals surface area contributed by atoms with Gasteiger partial charge in [-0.05, 0) is 47.0 Å². The monoisotopic (exact) mass is 460 g/mol. The fourth-order valence-corrected chi connectivity index (χ4v) is 4.96. The summed E-state index contributed by atoms with van der Waals surface area (Å²) in [6.07, 6.45) is 1.37. The zero-order valence-electron chi connectivity index (χ0n) is 17.6. The number of carbonyl (C=O) groups is 1. The van der Waals surface area contributed by atoms with Crippen LogP contribution in [0.4, 0.5) is 5.69 Å². The van der Waals surface area contributed by atoms with Gasteiger partial charge in [-0.1, -0.05) is 54.9 Å². The topological polar surface area (TPSA) is 75.7 Å². The smallest absolute Gasteiger partial charge is 0.244 e. The van der Waals surface area contributed by atoms with Gasteiger partial charge in [0.2, 0.25) is 15.9 Å². The van der Waals surface area contributed by atoms with Crippen LogP contribution in [-0.2, 0) is 21.4 Å². The fourth-order valence-electron chi connectivity index (χ4n) is 3.51. The molecule has 3 aromatic carbocycles. The van der Waals surface area contributed by atoms with Crippen molar-refractivity contribution < 1.29 is 17.9 Å². The quantitative estimate of drug-likeness (QED) is 0.541. The van der Waals surface area contributed by atoms with Crippen LogP contribution in [-0.4, -0.2) is 33.7 Å². The van der Waals surface area contributed by atoms with E-state index in [1.165, 1.54) is 13.2 Å². The van der Waals surface area contributed by atoms with Crippen molar-refractivity contribution in [3.63, 3.8) is 0 Å². The molecule has 0 saturated heterocycles. The van der Waals surface area contributed by atoms with Gasteiger partial charge in [-0.25, -0.2) is 8.42 Å². The molecule has 0 unspecified atom stereocenters. The Labute approximate surface area is 187 Å². The first-order valence-electron chi connectivity index (χ1n) is 9.83. The Bertz CT molecular complexity index is 1200. The summed E-state index contributed by atoms with van der Waals surface area (Å²) in [5.41, 5.74) is 1.24. The van der Waals surface area contributed by atoms with E-state index in [1.54, 1.807) is 19.1 Å². The molecule has 0 radical (unpaired) electrons. The maximum Gasteiger partial charge on any atom is 0.244 e. The van der Waals surface area contributed by atoms with Gasteiger partial charge in [0.05, 0.1) is 24.1 Å². The predicted octanol–water partition coefficient (Wildman–Crippen LogP) is 4.36. The lowest BCUT2D eigenvalue weighted by Gasteiger charge is -2.30. The minimum atomic E-state index is -3.75. The van der Waals surface area contributed by atoms with E-state index in [-0.39, 0.29) is 10.9 Å². The molecule has 0 aliphatic rings. The number of sulfonamides is 1. The number of hydrogen-bond acceptors (Lipinski definition) is 4. The van der Waals surface area contributed by atoms with Crippen LogP contribution in [0.25, 0.3) is 10.8 Å². The summed E-state index contributed by atoms with van der Waals surface area (Å²) in [5, 5.41) is 5.33. The molecule has 0 bridgehead atoms. The molecule has 3 aromatic rings. The molecule has 0 aliphatic heterocycles. The van der Waals surface area contributed by atoms with E-state index in [9.17, 15) is 13.2 Å². The molecular formula is C23H25ClN2O4S. The average molecular weight is 461 g/mol. The van der Waals surface area contributed by atoms with Gasteiger partial charge >= 0.3 is 0 Å². The summed E-state index contributed by atoms with van der Waals surface area (Å²) in [4.78, 5) is 13.0. The number of anilines is 1. The van der Waals surface area contributed by atoms with Crippen LogP contribution in [0, 0.1) is 0 Å². The van der Waals surface area contributed by atoms with Gasteiger partial charge < -0.3 is 10.1 Å². The molecule has 0 saturated carbocycles. The molecule has 164 valence electrons. The van der Waals surface area contributed by atoms with Crippen molar-refractivity contribution >= 4 is 44.0 Å². The normalized spacial score (nSPS) is 12.4. The summed E-state index contributed by atoms with van der Waals surface area (Å²) in [7, 11) is -2.27. The molecule has 1 N–H and O–H groups in total. The van der Waals surface area contributed by atoms with Crippen LogP contribution in [0.15, 0.2) is 60.7 Å². The highest BCUT2D eigenvalue weighted by Crippen LogP contribution is 2.31. The van der Waals surface area contributed by atoms with Crippen LogP contribution in [0.1, 0.15) is 18.9 Å². The Morgan fingerprint density at radius 2 is 1.81 bits per heavy atom. The predicted molar refractivity (Wildman–Crippen MR) is 125 cm³/mol. The van der Waals surface area contributed by atoms with Gasteiger partial charge in [0.25, 0.3) is 0 Å². The molecular weight excluding hydrogens is 436 g/mol. The van der Waals surface area contributed by atoms with E-state index in [1.807, 2.05) is 42.5 Å².